The number of nitrogens with zero attached hydrogens (tertiary/aromatic N) is 2. The summed E-state index contributed by atoms with van der Waals surface area (Å²) in [5.74, 6) is -0.691. The maximum atomic E-state index is 10.9. The first kappa shape index (κ1) is 8.99. The largest absolute Gasteiger partial charge is 0.481 e. The van der Waals surface area contributed by atoms with Crippen molar-refractivity contribution >= 4 is 12.2 Å². The minimum absolute atomic E-state index is 0.505. The van der Waals surface area contributed by atoms with Gasteiger partial charge in [-0.2, -0.15) is 5.10 Å². The quantitative estimate of drug-likeness (QED) is 0.784. The van der Waals surface area contributed by atoms with E-state index in [4.69, 9.17) is 5.11 Å². The van der Waals surface area contributed by atoms with E-state index in [1.165, 1.54) is 0 Å². The second-order valence-corrected chi connectivity index (χ2v) is 3.77. The number of hydrogen-bond donors (Lipinski definition) is 1. The van der Waals surface area contributed by atoms with Crippen LogP contribution in [0.5, 0.6) is 0 Å². The Morgan fingerprint density at radius 2 is 2.50 bits per heavy atom. The molecule has 2 rings (SSSR count). The van der Waals surface area contributed by atoms with Gasteiger partial charge in [0.15, 0.2) is 0 Å². The summed E-state index contributed by atoms with van der Waals surface area (Å²) < 4.78 is 1.59. The molecule has 1 heterocycles. The lowest BCUT2D eigenvalue weighted by Crippen LogP contribution is -2.17. The van der Waals surface area contributed by atoms with Crippen LogP contribution in [0.1, 0.15) is 18.4 Å². The molecule has 1 saturated carbocycles. The van der Waals surface area contributed by atoms with Crippen LogP contribution >= 0.6 is 0 Å². The zero-order chi connectivity index (χ0) is 10.2. The van der Waals surface area contributed by atoms with Crippen LogP contribution in [-0.4, -0.2) is 20.9 Å². The van der Waals surface area contributed by atoms with E-state index in [0.717, 1.165) is 18.4 Å². The highest BCUT2D eigenvalue weighted by atomic mass is 16.4. The SMILES string of the molecule is C=Cn1cc(CC2(C(=O)O)CC2)cn1. The van der Waals surface area contributed by atoms with Crippen molar-refractivity contribution < 1.29 is 9.90 Å². The molecule has 0 saturated heterocycles. The standard InChI is InChI=1S/C10H12N2O2/c1-2-12-7-8(6-11-12)5-10(3-4-10)9(13)14/h2,6-7H,1,3-5H2,(H,13,14). The van der Waals surface area contributed by atoms with E-state index >= 15 is 0 Å². The third kappa shape index (κ3) is 1.43. The molecule has 1 aromatic heterocycles. The van der Waals surface area contributed by atoms with Crippen molar-refractivity contribution in [2.75, 3.05) is 0 Å². The minimum Gasteiger partial charge on any atom is -0.481 e. The first-order chi connectivity index (χ1) is 6.66. The van der Waals surface area contributed by atoms with Gasteiger partial charge in [-0.1, -0.05) is 6.58 Å². The molecule has 1 N–H and O–H groups in total. The van der Waals surface area contributed by atoms with Crippen LogP contribution in [0.4, 0.5) is 0 Å². The lowest BCUT2D eigenvalue weighted by Gasteiger charge is -2.06. The van der Waals surface area contributed by atoms with E-state index in [2.05, 4.69) is 11.7 Å². The summed E-state index contributed by atoms with van der Waals surface area (Å²) in [6.45, 7) is 3.58. The monoisotopic (exact) mass is 192 g/mol. The first-order valence-corrected chi connectivity index (χ1v) is 4.55. The maximum absolute atomic E-state index is 10.9. The van der Waals surface area contributed by atoms with Crippen molar-refractivity contribution in [1.29, 1.82) is 0 Å². The fourth-order valence-corrected chi connectivity index (χ4v) is 1.58. The Morgan fingerprint density at radius 3 is 2.93 bits per heavy atom. The molecular formula is C10H12N2O2. The van der Waals surface area contributed by atoms with Crippen molar-refractivity contribution in [3.05, 3.63) is 24.5 Å². The van der Waals surface area contributed by atoms with Gasteiger partial charge < -0.3 is 5.11 Å². The highest BCUT2D eigenvalue weighted by Crippen LogP contribution is 2.48. The molecule has 0 aliphatic heterocycles. The third-order valence-electron chi connectivity index (χ3n) is 2.69. The molecule has 1 aliphatic rings. The van der Waals surface area contributed by atoms with Crippen molar-refractivity contribution in [1.82, 2.24) is 9.78 Å². The van der Waals surface area contributed by atoms with Gasteiger partial charge in [0.2, 0.25) is 0 Å². The number of aromatic nitrogens is 2. The Labute approximate surface area is 81.9 Å². The van der Waals surface area contributed by atoms with Crippen molar-refractivity contribution in [3.8, 4) is 0 Å². The molecule has 74 valence electrons. The molecule has 1 fully saturated rings. The second kappa shape index (κ2) is 2.97. The number of carboxylic acid groups (broad SMARTS) is 1. The highest BCUT2D eigenvalue weighted by molar-refractivity contribution is 5.78. The van der Waals surface area contributed by atoms with Gasteiger partial charge >= 0.3 is 5.97 Å². The van der Waals surface area contributed by atoms with Crippen LogP contribution in [0.2, 0.25) is 0 Å². The Balaban J connectivity index is 2.11. The lowest BCUT2D eigenvalue weighted by atomic mass is 9.99. The van der Waals surface area contributed by atoms with Crippen molar-refractivity contribution in [3.63, 3.8) is 0 Å². The molecule has 0 amide bonds. The van der Waals surface area contributed by atoms with E-state index in [0.29, 0.717) is 6.42 Å². The second-order valence-electron chi connectivity index (χ2n) is 3.77. The summed E-state index contributed by atoms with van der Waals surface area (Å²) in [6.07, 6.45) is 7.24. The van der Waals surface area contributed by atoms with Gasteiger partial charge in [-0.3, -0.25) is 4.79 Å². The molecule has 0 atom stereocenters. The average Bonchev–Trinajstić information content (AvgIpc) is 2.78. The van der Waals surface area contributed by atoms with E-state index < -0.39 is 11.4 Å². The van der Waals surface area contributed by atoms with Crippen LogP contribution in [-0.2, 0) is 11.2 Å². The molecule has 0 radical (unpaired) electrons. The number of hydrogen-bond acceptors (Lipinski definition) is 2. The minimum atomic E-state index is -0.691. The zero-order valence-corrected chi connectivity index (χ0v) is 7.81. The summed E-state index contributed by atoms with van der Waals surface area (Å²) in [5, 5.41) is 13.0. The van der Waals surface area contributed by atoms with Crippen molar-refractivity contribution in [2.45, 2.75) is 19.3 Å². The van der Waals surface area contributed by atoms with Gasteiger partial charge in [0.05, 0.1) is 11.6 Å². The number of carbonyl (C=O) groups is 1. The Bertz CT molecular complexity index is 377. The lowest BCUT2D eigenvalue weighted by molar-refractivity contribution is -0.143. The predicted molar refractivity (Wildman–Crippen MR) is 51.6 cm³/mol. The highest BCUT2D eigenvalue weighted by Gasteiger charge is 2.50. The number of rotatable bonds is 4. The van der Waals surface area contributed by atoms with Crippen LogP contribution in [0.15, 0.2) is 19.0 Å². The summed E-state index contributed by atoms with van der Waals surface area (Å²) in [6, 6.07) is 0. The van der Waals surface area contributed by atoms with Crippen molar-refractivity contribution in [2.24, 2.45) is 5.41 Å². The van der Waals surface area contributed by atoms with Crippen LogP contribution in [0.3, 0.4) is 0 Å². The molecule has 14 heavy (non-hydrogen) atoms. The zero-order valence-electron chi connectivity index (χ0n) is 7.81. The van der Waals surface area contributed by atoms with E-state index in [1.807, 2.05) is 6.20 Å². The van der Waals surface area contributed by atoms with Gasteiger partial charge in [-0.25, -0.2) is 4.68 Å². The Morgan fingerprint density at radius 1 is 1.79 bits per heavy atom. The van der Waals surface area contributed by atoms with Gasteiger partial charge in [0.1, 0.15) is 0 Å². The Kier molecular flexibility index (Phi) is 1.91. The van der Waals surface area contributed by atoms with Crippen LogP contribution in [0, 0.1) is 5.41 Å². The maximum Gasteiger partial charge on any atom is 0.309 e. The average molecular weight is 192 g/mol. The molecule has 4 heteroatoms. The molecule has 0 spiro atoms. The summed E-state index contributed by atoms with van der Waals surface area (Å²) in [7, 11) is 0. The smallest absolute Gasteiger partial charge is 0.309 e. The molecule has 0 unspecified atom stereocenters. The van der Waals surface area contributed by atoms with E-state index in [1.54, 1.807) is 17.1 Å². The van der Waals surface area contributed by atoms with Crippen LogP contribution in [0.25, 0.3) is 6.20 Å². The predicted octanol–water partition coefficient (Wildman–Crippen LogP) is 1.39. The molecule has 0 aromatic carbocycles. The summed E-state index contributed by atoms with van der Waals surface area (Å²) in [5.41, 5.74) is 0.458. The fourth-order valence-electron chi connectivity index (χ4n) is 1.58. The van der Waals surface area contributed by atoms with Gasteiger partial charge in [-0.05, 0) is 24.8 Å². The molecule has 0 bridgehead atoms. The molecule has 1 aliphatic carbocycles. The third-order valence-corrected chi connectivity index (χ3v) is 2.69. The molecule has 4 nitrogen and oxygen atoms in total. The fraction of sp³-hybridized carbons (Fsp3) is 0.400. The first-order valence-electron chi connectivity index (χ1n) is 4.55. The number of carboxylic acids is 1. The number of aliphatic carboxylic acids is 1. The summed E-state index contributed by atoms with van der Waals surface area (Å²) in [4.78, 5) is 10.9. The molecular weight excluding hydrogens is 180 g/mol. The normalized spacial score (nSPS) is 17.7. The van der Waals surface area contributed by atoms with Gasteiger partial charge in [0, 0.05) is 12.4 Å². The van der Waals surface area contributed by atoms with E-state index in [-0.39, 0.29) is 0 Å². The Hall–Kier alpha value is -1.58. The van der Waals surface area contributed by atoms with Gasteiger partial charge in [0.25, 0.3) is 0 Å². The summed E-state index contributed by atoms with van der Waals surface area (Å²) >= 11 is 0. The van der Waals surface area contributed by atoms with E-state index in [9.17, 15) is 4.79 Å². The molecule has 1 aromatic rings. The van der Waals surface area contributed by atoms with Gasteiger partial charge in [-0.15, -0.1) is 0 Å². The topological polar surface area (TPSA) is 55.1 Å². The van der Waals surface area contributed by atoms with Crippen LogP contribution < -0.4 is 0 Å².